The van der Waals surface area contributed by atoms with E-state index in [1.807, 2.05) is 18.3 Å². The van der Waals surface area contributed by atoms with Gasteiger partial charge >= 0.3 is 103 Å². The Morgan fingerprint density at radius 2 is 1.50 bits per heavy atom. The van der Waals surface area contributed by atoms with E-state index in [9.17, 15) is 0 Å². The molecule has 0 saturated heterocycles. The predicted molar refractivity (Wildman–Crippen MR) is 48.8 cm³/mol. The van der Waals surface area contributed by atoms with Crippen molar-refractivity contribution in [2.75, 3.05) is 0 Å². The fraction of sp³-hybridized carbons (Fsp3) is 0. The van der Waals surface area contributed by atoms with Gasteiger partial charge in [-0.15, -0.1) is 0 Å². The molecule has 0 fully saturated rings. The molecule has 8 heteroatoms. The number of para-hydroxylation sites is 1. The van der Waals surface area contributed by atoms with E-state index in [4.69, 9.17) is 17.5 Å². The maximum absolute atomic E-state index is 8.52. The molecule has 0 saturated carbocycles. The van der Waals surface area contributed by atoms with E-state index in [1.165, 1.54) is 10.9 Å². The number of aromatic nitrogens is 1. The summed E-state index contributed by atoms with van der Waals surface area (Å²) < 4.78 is 34.1. The largest absolute Gasteiger partial charge is 1.00 e. The molecule has 2 rings (SSSR count). The van der Waals surface area contributed by atoms with E-state index in [-0.39, 0.29) is 103 Å². The van der Waals surface area contributed by atoms with E-state index < -0.39 is 10.4 Å². The molecule has 0 atom stereocenters. The summed E-state index contributed by atoms with van der Waals surface area (Å²) in [5.74, 6) is 0. The summed E-state index contributed by atoms with van der Waals surface area (Å²) in [7, 11) is -5.17. The number of fused-ring (bicyclic) bond motifs is 1. The molecule has 1 heterocycles. The average molecular weight is 291 g/mol. The molecular formula is C8H7K2NO4S. The average Bonchev–Trinajstić information content (AvgIpc) is 2.47. The second kappa shape index (κ2) is 9.78. The van der Waals surface area contributed by atoms with Gasteiger partial charge < -0.3 is 14.1 Å². The van der Waals surface area contributed by atoms with Crippen molar-refractivity contribution < 1.29 is 120 Å². The van der Waals surface area contributed by atoms with Crippen LogP contribution in [0.3, 0.4) is 0 Å². The molecule has 1 N–H and O–H groups in total. The summed E-state index contributed by atoms with van der Waals surface area (Å²) >= 11 is 0. The molecule has 76 valence electrons. The van der Waals surface area contributed by atoms with Crippen LogP contribution in [0, 0.1) is 0 Å². The predicted octanol–water partition coefficient (Wildman–Crippen LogP) is -5.16. The van der Waals surface area contributed by atoms with Gasteiger partial charge in [0.2, 0.25) is 0 Å². The Bertz CT molecular complexity index is 473. The molecule has 0 aliphatic heterocycles. The Morgan fingerprint density at radius 3 is 2.00 bits per heavy atom. The molecule has 1 aromatic carbocycles. The maximum atomic E-state index is 8.52. The molecule has 0 bridgehead atoms. The van der Waals surface area contributed by atoms with Crippen molar-refractivity contribution >= 4 is 21.3 Å². The summed E-state index contributed by atoms with van der Waals surface area (Å²) in [5.41, 5.74) is 1.21. The molecule has 16 heavy (non-hydrogen) atoms. The first-order valence-electron chi connectivity index (χ1n) is 3.65. The van der Waals surface area contributed by atoms with Gasteiger partial charge in [0.15, 0.2) is 0 Å². The van der Waals surface area contributed by atoms with Crippen LogP contribution in [0.1, 0.15) is 0 Å². The van der Waals surface area contributed by atoms with Crippen LogP contribution < -0.4 is 103 Å². The number of H-pyrrole nitrogens is 1. The van der Waals surface area contributed by atoms with Gasteiger partial charge in [0.25, 0.3) is 0 Å². The number of hydrogen-bond donors (Lipinski definition) is 1. The summed E-state index contributed by atoms with van der Waals surface area (Å²) in [5, 5.41) is 1.28. The van der Waals surface area contributed by atoms with Gasteiger partial charge in [-0.3, -0.25) is 8.42 Å². The van der Waals surface area contributed by atoms with Crippen LogP contribution in [0.15, 0.2) is 36.5 Å². The topological polar surface area (TPSA) is 96.1 Å². The van der Waals surface area contributed by atoms with Crippen LogP contribution >= 0.6 is 0 Å². The van der Waals surface area contributed by atoms with E-state index in [0.717, 1.165) is 0 Å². The maximum Gasteiger partial charge on any atom is 1.00 e. The molecule has 1 aromatic heterocycles. The molecule has 0 aliphatic carbocycles. The number of benzene rings is 1. The van der Waals surface area contributed by atoms with Crippen molar-refractivity contribution in [1.82, 2.24) is 4.98 Å². The number of hydrogen-bond acceptors (Lipinski definition) is 4. The van der Waals surface area contributed by atoms with Gasteiger partial charge in [-0.2, -0.15) is 0 Å². The van der Waals surface area contributed by atoms with Gasteiger partial charge in [0, 0.05) is 22.1 Å². The van der Waals surface area contributed by atoms with Crippen molar-refractivity contribution in [2.24, 2.45) is 0 Å². The van der Waals surface area contributed by atoms with Gasteiger partial charge in [-0.25, -0.2) is 0 Å². The molecule has 5 nitrogen and oxygen atoms in total. The van der Waals surface area contributed by atoms with E-state index in [1.54, 1.807) is 0 Å². The number of rotatable bonds is 0. The third-order valence-corrected chi connectivity index (χ3v) is 1.46. The first kappa shape index (κ1) is 20.2. The quantitative estimate of drug-likeness (QED) is 0.298. The zero-order chi connectivity index (χ0) is 10.6. The van der Waals surface area contributed by atoms with Crippen molar-refractivity contribution in [1.29, 1.82) is 0 Å². The molecule has 0 amide bonds. The van der Waals surface area contributed by atoms with Gasteiger partial charge in [0.05, 0.1) is 0 Å². The Kier molecular flexibility index (Phi) is 12.4. The fourth-order valence-corrected chi connectivity index (χ4v) is 0.995. The number of aromatic amines is 1. The van der Waals surface area contributed by atoms with Gasteiger partial charge in [-0.05, 0) is 17.5 Å². The van der Waals surface area contributed by atoms with Crippen LogP contribution in [0.5, 0.6) is 0 Å². The van der Waals surface area contributed by atoms with Crippen LogP contribution in [-0.2, 0) is 10.4 Å². The Morgan fingerprint density at radius 1 is 1.00 bits per heavy atom. The minimum atomic E-state index is -5.17. The standard InChI is InChI=1S/C8H7N.2K.H2O4S/c1-2-4-8-7(3-1)5-6-9-8;;;1-5(2,3)4/h1-6,9H;;;(H2,1,2,3,4)/q;2*+1;/p-2. The van der Waals surface area contributed by atoms with E-state index in [2.05, 4.69) is 23.2 Å². The molecule has 0 radical (unpaired) electrons. The SMILES string of the molecule is O=S(=O)([O-])[O-].[K+].[K+].c1ccc2[nH]ccc2c1. The smallest absolute Gasteiger partial charge is 0.759 e. The second-order valence-corrected chi connectivity index (χ2v) is 3.29. The van der Waals surface area contributed by atoms with Crippen LogP contribution in [0.4, 0.5) is 0 Å². The molecular weight excluding hydrogens is 284 g/mol. The Balaban J connectivity index is 0. The Hall–Kier alpha value is 1.90. The van der Waals surface area contributed by atoms with E-state index >= 15 is 0 Å². The summed E-state index contributed by atoms with van der Waals surface area (Å²) in [4.78, 5) is 3.12. The second-order valence-electron chi connectivity index (χ2n) is 2.47. The van der Waals surface area contributed by atoms with Gasteiger partial charge in [-0.1, -0.05) is 18.2 Å². The van der Waals surface area contributed by atoms with Crippen molar-refractivity contribution in [3.8, 4) is 0 Å². The fourth-order valence-electron chi connectivity index (χ4n) is 0.995. The molecule has 0 aliphatic rings. The van der Waals surface area contributed by atoms with Crippen molar-refractivity contribution in [3.63, 3.8) is 0 Å². The molecule has 2 aromatic rings. The monoisotopic (exact) mass is 291 g/mol. The Labute approximate surface area is 179 Å². The van der Waals surface area contributed by atoms with Gasteiger partial charge in [0.1, 0.15) is 0 Å². The summed E-state index contributed by atoms with van der Waals surface area (Å²) in [6.07, 6.45) is 1.95. The minimum absolute atomic E-state index is 0. The normalized spacial score (nSPS) is 9.38. The van der Waals surface area contributed by atoms with Crippen molar-refractivity contribution in [3.05, 3.63) is 36.5 Å². The summed E-state index contributed by atoms with van der Waals surface area (Å²) in [6.45, 7) is 0. The molecule has 0 spiro atoms. The van der Waals surface area contributed by atoms with Crippen LogP contribution in [0.2, 0.25) is 0 Å². The van der Waals surface area contributed by atoms with E-state index in [0.29, 0.717) is 0 Å². The number of nitrogens with one attached hydrogen (secondary N) is 1. The van der Waals surface area contributed by atoms with Crippen LogP contribution in [-0.4, -0.2) is 22.5 Å². The minimum Gasteiger partial charge on any atom is -0.759 e. The third-order valence-electron chi connectivity index (χ3n) is 1.46. The van der Waals surface area contributed by atoms with Crippen molar-refractivity contribution in [2.45, 2.75) is 0 Å². The molecule has 0 unspecified atom stereocenters. The zero-order valence-corrected chi connectivity index (χ0v) is 16.1. The third kappa shape index (κ3) is 9.88. The van der Waals surface area contributed by atoms with Crippen LogP contribution in [0.25, 0.3) is 10.9 Å². The first-order chi connectivity index (χ1) is 6.47. The summed E-state index contributed by atoms with van der Waals surface area (Å²) in [6, 6.07) is 10.3. The first-order valence-corrected chi connectivity index (χ1v) is 4.99. The zero-order valence-electron chi connectivity index (χ0n) is 9.01.